The molecule has 206 valence electrons. The molecule has 9 nitrogen and oxygen atoms in total. The van der Waals surface area contributed by atoms with Crippen molar-refractivity contribution in [2.45, 2.75) is 44.4 Å². The summed E-state index contributed by atoms with van der Waals surface area (Å²) in [5.74, 6) is 0.0379. The normalized spacial score (nSPS) is 15.1. The van der Waals surface area contributed by atoms with Gasteiger partial charge in [-0.3, -0.25) is 4.72 Å². The van der Waals surface area contributed by atoms with Crippen LogP contribution >= 0.6 is 0 Å². The third kappa shape index (κ3) is 5.69. The Morgan fingerprint density at radius 2 is 1.79 bits per heavy atom. The minimum Gasteiger partial charge on any atom is -0.369 e. The van der Waals surface area contributed by atoms with E-state index in [-0.39, 0.29) is 5.82 Å². The molecule has 0 radical (unpaired) electrons. The molecule has 2 aromatic carbocycles. The van der Waals surface area contributed by atoms with E-state index in [0.29, 0.717) is 34.7 Å². The van der Waals surface area contributed by atoms with E-state index in [0.717, 1.165) is 37.0 Å². The summed E-state index contributed by atoms with van der Waals surface area (Å²) in [5, 5.41) is 7.22. The smallest absolute Gasteiger partial charge is 0.237 e. The van der Waals surface area contributed by atoms with E-state index in [4.69, 9.17) is 0 Å². The summed E-state index contributed by atoms with van der Waals surface area (Å²) in [4.78, 5) is 11.1. The van der Waals surface area contributed by atoms with Crippen molar-refractivity contribution in [1.82, 2.24) is 19.9 Å². The molecule has 2 aromatic heterocycles. The van der Waals surface area contributed by atoms with Gasteiger partial charge in [-0.25, -0.2) is 17.8 Å². The van der Waals surface area contributed by atoms with Gasteiger partial charge in [-0.1, -0.05) is 6.07 Å². The Labute approximate surface area is 228 Å². The molecule has 0 bridgehead atoms. The van der Waals surface area contributed by atoms with Gasteiger partial charge in [-0.05, 0) is 83.1 Å². The number of hydrogen-bond donors (Lipinski definition) is 3. The van der Waals surface area contributed by atoms with Gasteiger partial charge in [0.25, 0.3) is 0 Å². The van der Waals surface area contributed by atoms with Gasteiger partial charge in [-0.15, -0.1) is 0 Å². The Kier molecular flexibility index (Phi) is 7.21. The number of aromatic nitrogens is 3. The molecule has 3 N–H and O–H groups in total. The van der Waals surface area contributed by atoms with Crippen molar-refractivity contribution in [2.24, 2.45) is 0 Å². The molecule has 39 heavy (non-hydrogen) atoms. The third-order valence-electron chi connectivity index (χ3n) is 7.06. The molecule has 1 aliphatic rings. The Hall–Kier alpha value is -3.70. The maximum atomic E-state index is 15.0. The highest BCUT2D eigenvalue weighted by atomic mass is 32.2. The van der Waals surface area contributed by atoms with Crippen molar-refractivity contribution in [2.75, 3.05) is 35.1 Å². The number of piperidine rings is 1. The number of nitrogens with zero attached hydrogens (tertiary/aromatic N) is 4. The zero-order valence-corrected chi connectivity index (χ0v) is 23.4. The molecule has 4 aromatic rings. The molecule has 11 heteroatoms. The summed E-state index contributed by atoms with van der Waals surface area (Å²) in [6.45, 7) is 6.57. The largest absolute Gasteiger partial charge is 0.369 e. The fourth-order valence-corrected chi connectivity index (χ4v) is 5.34. The standard InChI is InChI=1S/C28H34FN7O2S/c1-28(2,3)39(37,38)34-22-6-5-7-23(16-22)36-15-10-19-18-31-27(33-26(19)36)32-21-8-9-25(24(29)17-21)35-13-11-20(30-4)12-14-35/h5-10,15-18,20,30,34H,11-14H2,1-4H3,(H,31,32,33). The van der Waals surface area contributed by atoms with Crippen LogP contribution in [-0.2, 0) is 10.0 Å². The molecule has 0 aliphatic carbocycles. The van der Waals surface area contributed by atoms with Crippen LogP contribution in [0.15, 0.2) is 60.9 Å². The summed E-state index contributed by atoms with van der Waals surface area (Å²) in [6, 6.07) is 14.6. The van der Waals surface area contributed by atoms with Crippen LogP contribution in [0.2, 0.25) is 0 Å². The first-order chi connectivity index (χ1) is 18.5. The average Bonchev–Trinajstić information content (AvgIpc) is 3.31. The van der Waals surface area contributed by atoms with Crippen LogP contribution < -0.4 is 20.3 Å². The Balaban J connectivity index is 1.37. The second-order valence-corrected chi connectivity index (χ2v) is 13.2. The number of fused-ring (bicyclic) bond motifs is 1. The highest BCUT2D eigenvalue weighted by Gasteiger charge is 2.29. The predicted octanol–water partition coefficient (Wildman–Crippen LogP) is 5.03. The quantitative estimate of drug-likeness (QED) is 0.296. The molecule has 5 rings (SSSR count). The van der Waals surface area contributed by atoms with Crippen LogP contribution in [0.1, 0.15) is 33.6 Å². The van der Waals surface area contributed by atoms with E-state index < -0.39 is 14.8 Å². The van der Waals surface area contributed by atoms with E-state index in [2.05, 4.69) is 30.2 Å². The summed E-state index contributed by atoms with van der Waals surface area (Å²) in [7, 11) is -1.60. The lowest BCUT2D eigenvalue weighted by molar-refractivity contribution is 0.439. The lowest BCUT2D eigenvalue weighted by Gasteiger charge is -2.33. The first-order valence-corrected chi connectivity index (χ1v) is 14.5. The van der Waals surface area contributed by atoms with Crippen LogP contribution in [0, 0.1) is 5.82 Å². The monoisotopic (exact) mass is 551 g/mol. The first kappa shape index (κ1) is 26.9. The van der Waals surface area contributed by atoms with Crippen molar-refractivity contribution in [3.63, 3.8) is 0 Å². The van der Waals surface area contributed by atoms with Crippen molar-refractivity contribution < 1.29 is 12.8 Å². The summed E-state index contributed by atoms with van der Waals surface area (Å²) < 4.78 is 43.9. The average molecular weight is 552 g/mol. The second kappa shape index (κ2) is 10.5. The van der Waals surface area contributed by atoms with Gasteiger partial charge in [0.2, 0.25) is 16.0 Å². The van der Waals surface area contributed by atoms with Gasteiger partial charge in [-0.2, -0.15) is 4.98 Å². The SMILES string of the molecule is CNC1CCN(c2ccc(Nc3ncc4ccn(-c5cccc(NS(=O)(=O)C(C)(C)C)c5)c4n3)cc2F)CC1. The molecule has 1 saturated heterocycles. The summed E-state index contributed by atoms with van der Waals surface area (Å²) >= 11 is 0. The van der Waals surface area contributed by atoms with Crippen molar-refractivity contribution in [3.05, 3.63) is 66.7 Å². The third-order valence-corrected chi connectivity index (χ3v) is 9.17. The van der Waals surface area contributed by atoms with Gasteiger partial charge < -0.3 is 20.1 Å². The van der Waals surface area contributed by atoms with Crippen molar-refractivity contribution in [1.29, 1.82) is 0 Å². The predicted molar refractivity (Wildman–Crippen MR) is 155 cm³/mol. The van der Waals surface area contributed by atoms with Crippen molar-refractivity contribution in [3.8, 4) is 5.69 Å². The highest BCUT2D eigenvalue weighted by molar-refractivity contribution is 7.94. The Morgan fingerprint density at radius 1 is 1.03 bits per heavy atom. The van der Waals surface area contributed by atoms with E-state index in [1.807, 2.05) is 36.0 Å². The molecule has 0 amide bonds. The number of hydrogen-bond acceptors (Lipinski definition) is 7. The molecular weight excluding hydrogens is 517 g/mol. The van der Waals surface area contributed by atoms with Crippen LogP contribution in [-0.4, -0.2) is 53.9 Å². The van der Waals surface area contributed by atoms with E-state index in [1.165, 1.54) is 6.07 Å². The first-order valence-electron chi connectivity index (χ1n) is 13.0. The summed E-state index contributed by atoms with van der Waals surface area (Å²) in [6.07, 6.45) is 5.51. The number of benzene rings is 2. The van der Waals surface area contributed by atoms with Gasteiger partial charge in [0, 0.05) is 48.3 Å². The van der Waals surface area contributed by atoms with Crippen LogP contribution in [0.3, 0.4) is 0 Å². The maximum Gasteiger partial charge on any atom is 0.237 e. The number of halogens is 1. The maximum absolute atomic E-state index is 15.0. The number of rotatable bonds is 7. The molecule has 0 unspecified atom stereocenters. The van der Waals surface area contributed by atoms with Crippen LogP contribution in [0.4, 0.5) is 27.4 Å². The minimum atomic E-state index is -3.57. The second-order valence-electron chi connectivity index (χ2n) is 10.8. The molecule has 1 aliphatic heterocycles. The number of anilines is 4. The minimum absolute atomic E-state index is 0.290. The number of sulfonamides is 1. The molecule has 3 heterocycles. The van der Waals surface area contributed by atoms with Gasteiger partial charge in [0.15, 0.2) is 0 Å². The van der Waals surface area contributed by atoms with Crippen LogP contribution in [0.5, 0.6) is 0 Å². The fourth-order valence-electron chi connectivity index (χ4n) is 4.59. The lowest BCUT2D eigenvalue weighted by atomic mass is 10.0. The van der Waals surface area contributed by atoms with E-state index in [9.17, 15) is 8.42 Å². The molecule has 0 spiro atoms. The molecule has 1 fully saturated rings. The van der Waals surface area contributed by atoms with Gasteiger partial charge >= 0.3 is 0 Å². The molecular formula is C28H34FN7O2S. The van der Waals surface area contributed by atoms with Gasteiger partial charge in [0.1, 0.15) is 11.5 Å². The fraction of sp³-hybridized carbons (Fsp3) is 0.357. The Morgan fingerprint density at radius 3 is 2.49 bits per heavy atom. The zero-order valence-electron chi connectivity index (χ0n) is 22.6. The van der Waals surface area contributed by atoms with E-state index in [1.54, 1.807) is 51.2 Å². The Bertz CT molecular complexity index is 1590. The van der Waals surface area contributed by atoms with Crippen molar-refractivity contribution >= 4 is 44.1 Å². The topological polar surface area (TPSA) is 104 Å². The highest BCUT2D eigenvalue weighted by Crippen LogP contribution is 2.28. The van der Waals surface area contributed by atoms with Gasteiger partial charge in [0.05, 0.1) is 16.1 Å². The molecule has 0 atom stereocenters. The van der Waals surface area contributed by atoms with Crippen LogP contribution in [0.25, 0.3) is 16.7 Å². The summed E-state index contributed by atoms with van der Waals surface area (Å²) in [5.41, 5.74) is 2.98. The zero-order chi connectivity index (χ0) is 27.8. The lowest BCUT2D eigenvalue weighted by Crippen LogP contribution is -2.41. The number of nitrogens with one attached hydrogen (secondary N) is 3. The van der Waals surface area contributed by atoms with E-state index >= 15 is 4.39 Å². The molecule has 0 saturated carbocycles.